The lowest BCUT2D eigenvalue weighted by Crippen LogP contribution is -2.28. The molecule has 1 aromatic rings. The molecule has 0 aromatic carbocycles. The Hall–Kier alpha value is -1.25. The van der Waals surface area contributed by atoms with Gasteiger partial charge in [0.1, 0.15) is 0 Å². The number of rotatable bonds is 3. The summed E-state index contributed by atoms with van der Waals surface area (Å²) in [6.45, 7) is 3.05. The molecule has 15 heavy (non-hydrogen) atoms. The summed E-state index contributed by atoms with van der Waals surface area (Å²) in [5, 5.41) is 2.91. The molecule has 1 fully saturated rings. The zero-order chi connectivity index (χ0) is 10.7. The molecular weight excluding hydrogens is 190 g/mol. The van der Waals surface area contributed by atoms with Crippen molar-refractivity contribution in [3.8, 4) is 0 Å². The van der Waals surface area contributed by atoms with Crippen LogP contribution < -0.4 is 5.32 Å². The van der Waals surface area contributed by atoms with Crippen LogP contribution in [0.15, 0.2) is 22.8 Å². The van der Waals surface area contributed by atoms with Gasteiger partial charge >= 0.3 is 0 Å². The Labute approximate surface area is 89.9 Å². The second-order valence-corrected chi connectivity index (χ2v) is 4.47. The van der Waals surface area contributed by atoms with Gasteiger partial charge in [0.2, 0.25) is 0 Å². The van der Waals surface area contributed by atoms with Gasteiger partial charge in [-0.05, 0) is 36.8 Å². The number of amides is 1. The minimum Gasteiger partial charge on any atom is -0.459 e. The molecule has 0 saturated heterocycles. The molecule has 1 aliphatic rings. The van der Waals surface area contributed by atoms with Crippen LogP contribution in [-0.4, -0.2) is 12.5 Å². The molecule has 1 saturated carbocycles. The molecule has 1 aromatic heterocycles. The Morgan fingerprint density at radius 3 is 3.07 bits per heavy atom. The van der Waals surface area contributed by atoms with E-state index in [1.807, 2.05) is 0 Å². The first kappa shape index (κ1) is 10.3. The molecule has 3 heteroatoms. The molecule has 0 radical (unpaired) electrons. The Balaban J connectivity index is 1.76. The lowest BCUT2D eigenvalue weighted by Gasteiger charge is -2.09. The summed E-state index contributed by atoms with van der Waals surface area (Å²) in [4.78, 5) is 11.5. The second kappa shape index (κ2) is 4.51. The predicted molar refractivity (Wildman–Crippen MR) is 57.5 cm³/mol. The van der Waals surface area contributed by atoms with Crippen molar-refractivity contribution in [1.82, 2.24) is 5.32 Å². The van der Waals surface area contributed by atoms with Crippen molar-refractivity contribution in [3.05, 3.63) is 24.2 Å². The van der Waals surface area contributed by atoms with E-state index < -0.39 is 0 Å². The Morgan fingerprint density at radius 2 is 2.47 bits per heavy atom. The molecule has 1 amide bonds. The maximum absolute atomic E-state index is 11.5. The third kappa shape index (κ3) is 2.61. The van der Waals surface area contributed by atoms with E-state index in [2.05, 4.69) is 12.2 Å². The smallest absolute Gasteiger partial charge is 0.286 e. The average molecular weight is 207 g/mol. The zero-order valence-corrected chi connectivity index (χ0v) is 9.03. The van der Waals surface area contributed by atoms with E-state index in [1.165, 1.54) is 25.5 Å². The van der Waals surface area contributed by atoms with Gasteiger partial charge in [0.05, 0.1) is 6.26 Å². The van der Waals surface area contributed by atoms with E-state index in [9.17, 15) is 4.79 Å². The molecule has 3 nitrogen and oxygen atoms in total. The van der Waals surface area contributed by atoms with Gasteiger partial charge in [0, 0.05) is 6.54 Å². The van der Waals surface area contributed by atoms with Crippen molar-refractivity contribution >= 4 is 5.91 Å². The molecule has 2 unspecified atom stereocenters. The van der Waals surface area contributed by atoms with Crippen molar-refractivity contribution in [1.29, 1.82) is 0 Å². The summed E-state index contributed by atoms with van der Waals surface area (Å²) < 4.78 is 5.02. The molecule has 1 heterocycles. The maximum atomic E-state index is 11.5. The first-order valence-corrected chi connectivity index (χ1v) is 5.57. The van der Waals surface area contributed by atoms with Crippen molar-refractivity contribution in [2.75, 3.05) is 6.54 Å². The van der Waals surface area contributed by atoms with Gasteiger partial charge in [0.15, 0.2) is 5.76 Å². The van der Waals surface area contributed by atoms with Crippen LogP contribution in [-0.2, 0) is 0 Å². The van der Waals surface area contributed by atoms with Crippen LogP contribution in [0, 0.1) is 11.8 Å². The van der Waals surface area contributed by atoms with E-state index in [4.69, 9.17) is 4.42 Å². The topological polar surface area (TPSA) is 42.2 Å². The quantitative estimate of drug-likeness (QED) is 0.827. The van der Waals surface area contributed by atoms with E-state index in [0.717, 1.165) is 12.5 Å². The van der Waals surface area contributed by atoms with Gasteiger partial charge in [-0.2, -0.15) is 0 Å². The van der Waals surface area contributed by atoms with Gasteiger partial charge in [-0.15, -0.1) is 0 Å². The van der Waals surface area contributed by atoms with Crippen molar-refractivity contribution in [2.24, 2.45) is 11.8 Å². The van der Waals surface area contributed by atoms with Crippen LogP contribution in [0.3, 0.4) is 0 Å². The number of carbonyl (C=O) groups is 1. The molecule has 1 N–H and O–H groups in total. The predicted octanol–water partition coefficient (Wildman–Crippen LogP) is 2.45. The molecule has 1 aliphatic carbocycles. The highest BCUT2D eigenvalue weighted by molar-refractivity contribution is 5.91. The number of hydrogen-bond donors (Lipinski definition) is 1. The van der Waals surface area contributed by atoms with Gasteiger partial charge in [0.25, 0.3) is 5.91 Å². The third-order valence-electron chi connectivity index (χ3n) is 3.10. The fourth-order valence-electron chi connectivity index (χ4n) is 2.24. The third-order valence-corrected chi connectivity index (χ3v) is 3.10. The summed E-state index contributed by atoms with van der Waals surface area (Å²) in [5.74, 6) is 1.77. The highest BCUT2D eigenvalue weighted by atomic mass is 16.3. The van der Waals surface area contributed by atoms with Crippen LogP contribution in [0.5, 0.6) is 0 Å². The zero-order valence-electron chi connectivity index (χ0n) is 9.03. The van der Waals surface area contributed by atoms with Crippen LogP contribution in [0.1, 0.15) is 36.7 Å². The minimum absolute atomic E-state index is 0.0976. The molecule has 0 spiro atoms. The molecule has 2 atom stereocenters. The van der Waals surface area contributed by atoms with Crippen LogP contribution in [0.2, 0.25) is 0 Å². The van der Waals surface area contributed by atoms with Gasteiger partial charge < -0.3 is 9.73 Å². The first-order valence-electron chi connectivity index (χ1n) is 5.57. The number of hydrogen-bond acceptors (Lipinski definition) is 2. The van der Waals surface area contributed by atoms with E-state index in [-0.39, 0.29) is 5.91 Å². The Bertz CT molecular complexity index is 318. The lowest BCUT2D eigenvalue weighted by molar-refractivity contribution is 0.0919. The fraction of sp³-hybridized carbons (Fsp3) is 0.583. The largest absolute Gasteiger partial charge is 0.459 e. The van der Waals surface area contributed by atoms with E-state index >= 15 is 0 Å². The highest BCUT2D eigenvalue weighted by Crippen LogP contribution is 2.29. The molecule has 0 aliphatic heterocycles. The normalized spacial score (nSPS) is 25.4. The van der Waals surface area contributed by atoms with Crippen LogP contribution in [0.4, 0.5) is 0 Å². The van der Waals surface area contributed by atoms with Crippen molar-refractivity contribution in [2.45, 2.75) is 26.2 Å². The van der Waals surface area contributed by atoms with Gasteiger partial charge in [-0.3, -0.25) is 4.79 Å². The van der Waals surface area contributed by atoms with E-state index in [1.54, 1.807) is 12.1 Å². The van der Waals surface area contributed by atoms with Gasteiger partial charge in [-0.25, -0.2) is 0 Å². The molecule has 82 valence electrons. The summed E-state index contributed by atoms with van der Waals surface area (Å²) >= 11 is 0. The maximum Gasteiger partial charge on any atom is 0.286 e. The second-order valence-electron chi connectivity index (χ2n) is 4.47. The fourth-order valence-corrected chi connectivity index (χ4v) is 2.24. The lowest BCUT2D eigenvalue weighted by atomic mass is 10.1. The van der Waals surface area contributed by atoms with Crippen molar-refractivity contribution < 1.29 is 9.21 Å². The van der Waals surface area contributed by atoms with Gasteiger partial charge in [-0.1, -0.05) is 13.3 Å². The van der Waals surface area contributed by atoms with Crippen molar-refractivity contribution in [3.63, 3.8) is 0 Å². The first-order chi connectivity index (χ1) is 7.25. The SMILES string of the molecule is CC1CCC(CNC(=O)c2ccco2)C1. The number of furan rings is 1. The number of nitrogens with one attached hydrogen (secondary N) is 1. The standard InChI is InChI=1S/C12H17NO2/c1-9-4-5-10(7-9)8-13-12(14)11-3-2-6-15-11/h2-3,6,9-10H,4-5,7-8H2,1H3,(H,13,14). The molecular formula is C12H17NO2. The molecule has 2 rings (SSSR count). The summed E-state index contributed by atoms with van der Waals surface area (Å²) in [5.41, 5.74) is 0. The summed E-state index contributed by atoms with van der Waals surface area (Å²) in [6.07, 6.45) is 5.28. The summed E-state index contributed by atoms with van der Waals surface area (Å²) in [6, 6.07) is 3.42. The van der Waals surface area contributed by atoms with E-state index in [0.29, 0.717) is 11.7 Å². The Kier molecular flexibility index (Phi) is 3.09. The minimum atomic E-state index is -0.0976. The Morgan fingerprint density at radius 1 is 1.60 bits per heavy atom. The van der Waals surface area contributed by atoms with Crippen LogP contribution >= 0.6 is 0 Å². The highest BCUT2D eigenvalue weighted by Gasteiger charge is 2.21. The average Bonchev–Trinajstić information content (AvgIpc) is 2.84. The number of carbonyl (C=O) groups excluding carboxylic acids is 1. The monoisotopic (exact) mass is 207 g/mol. The van der Waals surface area contributed by atoms with Crippen LogP contribution in [0.25, 0.3) is 0 Å². The summed E-state index contributed by atoms with van der Waals surface area (Å²) in [7, 11) is 0. The molecule has 0 bridgehead atoms.